The summed E-state index contributed by atoms with van der Waals surface area (Å²) in [4.78, 5) is 5.97. The van der Waals surface area contributed by atoms with Crippen LogP contribution < -0.4 is 0 Å². The molecule has 3 heterocycles. The normalized spacial score (nSPS) is 28.5. The van der Waals surface area contributed by atoms with Gasteiger partial charge < -0.3 is 0 Å². The van der Waals surface area contributed by atoms with E-state index in [4.69, 9.17) is 0 Å². The molecule has 5 nitrogen and oxygen atoms in total. The number of nitrogens with zero attached hydrogens (tertiary/aromatic N) is 3. The Hall–Kier alpha value is -1.05. The molecule has 2 fully saturated rings. The summed E-state index contributed by atoms with van der Waals surface area (Å²) in [6.45, 7) is 0.856. The third-order valence-corrected chi connectivity index (χ3v) is 6.22. The number of hydrogen-bond donors (Lipinski definition) is 0. The molecule has 3 rings (SSSR count). The first-order chi connectivity index (χ1) is 9.50. The van der Waals surface area contributed by atoms with Gasteiger partial charge in [-0.2, -0.15) is 4.31 Å². The highest BCUT2D eigenvalue weighted by Gasteiger charge is 2.39. The summed E-state index contributed by atoms with van der Waals surface area (Å²) in [5.74, 6) is -0.782. The summed E-state index contributed by atoms with van der Waals surface area (Å²) in [5.41, 5.74) is 0. The minimum absolute atomic E-state index is 0.226. The van der Waals surface area contributed by atoms with Gasteiger partial charge in [0, 0.05) is 31.4 Å². The molecule has 0 saturated carbocycles. The smallest absolute Gasteiger partial charge is 0.263 e. The molecule has 2 atom stereocenters. The van der Waals surface area contributed by atoms with Crippen molar-refractivity contribution in [2.75, 3.05) is 20.1 Å². The van der Waals surface area contributed by atoms with Crippen LogP contribution in [0.3, 0.4) is 0 Å². The van der Waals surface area contributed by atoms with Crippen molar-refractivity contribution in [3.05, 3.63) is 24.1 Å². The summed E-state index contributed by atoms with van der Waals surface area (Å²) in [7, 11) is -1.80. The van der Waals surface area contributed by atoms with Crippen LogP contribution in [0.25, 0.3) is 0 Å². The largest absolute Gasteiger partial charge is 0.299 e. The zero-order valence-electron chi connectivity index (χ0n) is 11.4. The van der Waals surface area contributed by atoms with Gasteiger partial charge in [0.15, 0.2) is 5.82 Å². The summed E-state index contributed by atoms with van der Waals surface area (Å²) in [6, 6.07) is 3.19. The first-order valence-corrected chi connectivity index (χ1v) is 8.27. The zero-order chi connectivity index (χ0) is 14.3. The number of likely N-dealkylation sites (N-methyl/N-ethyl adjacent to an activating group) is 1. The van der Waals surface area contributed by atoms with E-state index in [-0.39, 0.29) is 6.04 Å². The Balaban J connectivity index is 1.91. The van der Waals surface area contributed by atoms with E-state index in [1.54, 1.807) is 0 Å². The molecule has 0 aromatic carbocycles. The maximum atomic E-state index is 13.7. The first-order valence-electron chi connectivity index (χ1n) is 6.83. The van der Waals surface area contributed by atoms with E-state index in [1.165, 1.54) is 16.6 Å². The topological polar surface area (TPSA) is 53.5 Å². The van der Waals surface area contributed by atoms with E-state index in [0.717, 1.165) is 25.3 Å². The van der Waals surface area contributed by atoms with E-state index in [9.17, 15) is 12.8 Å². The van der Waals surface area contributed by atoms with Crippen molar-refractivity contribution in [3.8, 4) is 0 Å². The van der Waals surface area contributed by atoms with Gasteiger partial charge in [-0.1, -0.05) is 0 Å². The van der Waals surface area contributed by atoms with E-state index >= 15 is 0 Å². The van der Waals surface area contributed by atoms with Gasteiger partial charge in [0.05, 0.1) is 0 Å². The van der Waals surface area contributed by atoms with Gasteiger partial charge in [-0.3, -0.25) is 4.90 Å². The highest BCUT2D eigenvalue weighted by Crippen LogP contribution is 2.30. The van der Waals surface area contributed by atoms with Crippen molar-refractivity contribution in [2.24, 2.45) is 0 Å². The number of aromatic nitrogens is 1. The number of hydrogen-bond acceptors (Lipinski definition) is 4. The summed E-state index contributed by atoms with van der Waals surface area (Å²) in [5, 5.41) is -0.458. The fraction of sp³-hybridized carbons (Fsp3) is 0.615. The Morgan fingerprint density at radius 3 is 2.80 bits per heavy atom. The van der Waals surface area contributed by atoms with Gasteiger partial charge in [-0.15, -0.1) is 0 Å². The number of pyridine rings is 1. The van der Waals surface area contributed by atoms with Crippen LogP contribution in [0, 0.1) is 5.82 Å². The van der Waals surface area contributed by atoms with Crippen molar-refractivity contribution in [2.45, 2.75) is 36.4 Å². The van der Waals surface area contributed by atoms with Gasteiger partial charge in [0.2, 0.25) is 5.03 Å². The van der Waals surface area contributed by atoms with E-state index in [0.29, 0.717) is 19.1 Å². The average Bonchev–Trinajstić information content (AvgIpc) is 2.62. The lowest BCUT2D eigenvalue weighted by Crippen LogP contribution is -2.40. The SMILES string of the molecule is CN1C2CCC1CN(S(=O)(=O)c1ncccc1F)CC2. The Bertz CT molecular complexity index is 607. The Morgan fingerprint density at radius 1 is 1.30 bits per heavy atom. The minimum Gasteiger partial charge on any atom is -0.299 e. The standard InChI is InChI=1S/C13H18FN3O2S/c1-16-10-4-5-11(16)9-17(8-6-10)20(18,19)13-12(14)3-2-7-15-13/h2-3,7,10-11H,4-6,8-9H2,1H3. The molecule has 110 valence electrons. The molecule has 20 heavy (non-hydrogen) atoms. The molecule has 1 aromatic heterocycles. The predicted molar refractivity (Wildman–Crippen MR) is 72.1 cm³/mol. The molecule has 0 aliphatic carbocycles. The quantitative estimate of drug-likeness (QED) is 0.820. The Kier molecular flexibility index (Phi) is 3.51. The van der Waals surface area contributed by atoms with Crippen LogP contribution in [0.1, 0.15) is 19.3 Å². The van der Waals surface area contributed by atoms with Crippen LogP contribution in [-0.2, 0) is 10.0 Å². The van der Waals surface area contributed by atoms with Crippen molar-refractivity contribution in [1.29, 1.82) is 0 Å². The average molecular weight is 299 g/mol. The molecule has 1 aromatic rings. The highest BCUT2D eigenvalue weighted by molar-refractivity contribution is 7.89. The second-order valence-electron chi connectivity index (χ2n) is 5.49. The van der Waals surface area contributed by atoms with Crippen molar-refractivity contribution >= 4 is 10.0 Å². The third-order valence-electron chi connectivity index (χ3n) is 4.42. The van der Waals surface area contributed by atoms with Crippen molar-refractivity contribution in [1.82, 2.24) is 14.2 Å². The van der Waals surface area contributed by atoms with Crippen LogP contribution in [0.5, 0.6) is 0 Å². The number of fused-ring (bicyclic) bond motifs is 2. The third kappa shape index (κ3) is 2.23. The summed E-state index contributed by atoms with van der Waals surface area (Å²) in [6.07, 6.45) is 4.22. The lowest BCUT2D eigenvalue weighted by molar-refractivity contribution is 0.246. The Morgan fingerprint density at radius 2 is 2.05 bits per heavy atom. The molecule has 7 heteroatoms. The molecule has 2 bridgehead atoms. The molecule has 2 unspecified atom stereocenters. The molecule has 0 N–H and O–H groups in total. The van der Waals surface area contributed by atoms with Gasteiger partial charge in [0.25, 0.3) is 10.0 Å². The van der Waals surface area contributed by atoms with Gasteiger partial charge in [-0.05, 0) is 38.4 Å². The van der Waals surface area contributed by atoms with Crippen molar-refractivity contribution < 1.29 is 12.8 Å². The highest BCUT2D eigenvalue weighted by atomic mass is 32.2. The lowest BCUT2D eigenvalue weighted by Gasteiger charge is -2.24. The molecule has 0 amide bonds. The molecule has 2 aliphatic rings. The Labute approximate surface area is 118 Å². The minimum atomic E-state index is -3.84. The zero-order valence-corrected chi connectivity index (χ0v) is 12.2. The van der Waals surface area contributed by atoms with Gasteiger partial charge >= 0.3 is 0 Å². The summed E-state index contributed by atoms with van der Waals surface area (Å²) < 4.78 is 40.2. The summed E-state index contributed by atoms with van der Waals surface area (Å²) >= 11 is 0. The fourth-order valence-corrected chi connectivity index (χ4v) is 4.65. The van der Waals surface area contributed by atoms with E-state index in [2.05, 4.69) is 9.88 Å². The van der Waals surface area contributed by atoms with Gasteiger partial charge in [0.1, 0.15) is 0 Å². The fourth-order valence-electron chi connectivity index (χ4n) is 3.18. The monoisotopic (exact) mass is 299 g/mol. The van der Waals surface area contributed by atoms with Crippen LogP contribution in [-0.4, -0.2) is 54.8 Å². The molecular formula is C13H18FN3O2S. The van der Waals surface area contributed by atoms with E-state index in [1.807, 2.05) is 7.05 Å². The van der Waals surface area contributed by atoms with E-state index < -0.39 is 20.9 Å². The molecule has 2 saturated heterocycles. The second-order valence-corrected chi connectivity index (χ2v) is 7.35. The van der Waals surface area contributed by atoms with Crippen LogP contribution >= 0.6 is 0 Å². The van der Waals surface area contributed by atoms with Gasteiger partial charge in [-0.25, -0.2) is 17.8 Å². The molecule has 2 aliphatic heterocycles. The molecular weight excluding hydrogens is 281 g/mol. The number of sulfonamides is 1. The number of halogens is 1. The van der Waals surface area contributed by atoms with Crippen LogP contribution in [0.15, 0.2) is 23.4 Å². The maximum absolute atomic E-state index is 13.7. The van der Waals surface area contributed by atoms with Crippen LogP contribution in [0.2, 0.25) is 0 Å². The predicted octanol–water partition coefficient (Wildman–Crippen LogP) is 1.08. The maximum Gasteiger partial charge on any atom is 0.263 e. The van der Waals surface area contributed by atoms with Crippen molar-refractivity contribution in [3.63, 3.8) is 0 Å². The second kappa shape index (κ2) is 5.05. The number of rotatable bonds is 2. The first kappa shape index (κ1) is 13.9. The lowest BCUT2D eigenvalue weighted by atomic mass is 10.1. The van der Waals surface area contributed by atoms with Crippen LogP contribution in [0.4, 0.5) is 4.39 Å². The molecule has 0 spiro atoms. The molecule has 0 radical (unpaired) electrons.